The summed E-state index contributed by atoms with van der Waals surface area (Å²) in [6.45, 7) is 1.88. The van der Waals surface area contributed by atoms with E-state index in [9.17, 15) is 9.90 Å². The van der Waals surface area contributed by atoms with Crippen molar-refractivity contribution in [3.05, 3.63) is 0 Å². The largest absolute Gasteiger partial charge is 0.391 e. The van der Waals surface area contributed by atoms with Crippen LogP contribution < -0.4 is 11.1 Å². The lowest BCUT2D eigenvalue weighted by atomic mass is 9.92. The van der Waals surface area contributed by atoms with E-state index in [-0.39, 0.29) is 11.9 Å². The minimum Gasteiger partial charge on any atom is -0.391 e. The van der Waals surface area contributed by atoms with E-state index in [4.69, 9.17) is 5.73 Å². The lowest BCUT2D eigenvalue weighted by Crippen LogP contribution is -2.50. The van der Waals surface area contributed by atoms with Crippen LogP contribution in [-0.2, 0) is 4.79 Å². The Kier molecular flexibility index (Phi) is 4.35. The maximum atomic E-state index is 11.4. The average Bonchev–Trinajstić information content (AvgIpc) is 2.20. The Hall–Kier alpha value is -0.610. The van der Waals surface area contributed by atoms with E-state index < -0.39 is 12.1 Å². The van der Waals surface area contributed by atoms with Crippen LogP contribution in [0.4, 0.5) is 0 Å². The van der Waals surface area contributed by atoms with Crippen LogP contribution in [0.5, 0.6) is 0 Å². The van der Waals surface area contributed by atoms with Crippen molar-refractivity contribution in [3.8, 4) is 0 Å². The van der Waals surface area contributed by atoms with Gasteiger partial charge in [-0.15, -0.1) is 0 Å². The van der Waals surface area contributed by atoms with Gasteiger partial charge in [-0.05, 0) is 19.3 Å². The number of carbonyl (C=O) groups is 1. The average molecular weight is 200 g/mol. The molecular formula is C10H20N2O2. The van der Waals surface area contributed by atoms with Crippen LogP contribution in [0.25, 0.3) is 0 Å². The number of nitrogens with one attached hydrogen (secondary N) is 1. The zero-order chi connectivity index (χ0) is 10.6. The second-order valence-electron chi connectivity index (χ2n) is 3.98. The SMILES string of the molecule is CCC(N)C(=O)N[C@H]1CCCC[C@@H]1O. The summed E-state index contributed by atoms with van der Waals surface area (Å²) >= 11 is 0. The predicted octanol–water partition coefficient (Wildman–Crippen LogP) is 0.143. The highest BCUT2D eigenvalue weighted by atomic mass is 16.3. The molecule has 4 heteroatoms. The molecule has 1 amide bonds. The van der Waals surface area contributed by atoms with E-state index in [2.05, 4.69) is 5.32 Å². The van der Waals surface area contributed by atoms with Crippen molar-refractivity contribution < 1.29 is 9.90 Å². The second-order valence-corrected chi connectivity index (χ2v) is 3.98. The van der Waals surface area contributed by atoms with Crippen LogP contribution in [0.15, 0.2) is 0 Å². The molecule has 1 aliphatic rings. The molecule has 0 heterocycles. The number of amides is 1. The van der Waals surface area contributed by atoms with Crippen LogP contribution in [0.1, 0.15) is 39.0 Å². The van der Waals surface area contributed by atoms with Crippen molar-refractivity contribution in [2.24, 2.45) is 5.73 Å². The molecule has 4 N–H and O–H groups in total. The quantitative estimate of drug-likeness (QED) is 0.606. The molecule has 0 aliphatic heterocycles. The molecule has 82 valence electrons. The summed E-state index contributed by atoms with van der Waals surface area (Å²) in [6, 6.07) is -0.530. The third kappa shape index (κ3) is 2.96. The molecule has 1 unspecified atom stereocenters. The Labute approximate surface area is 84.9 Å². The lowest BCUT2D eigenvalue weighted by Gasteiger charge is -2.29. The lowest BCUT2D eigenvalue weighted by molar-refractivity contribution is -0.124. The zero-order valence-electron chi connectivity index (χ0n) is 8.70. The van der Waals surface area contributed by atoms with E-state index in [0.29, 0.717) is 6.42 Å². The van der Waals surface area contributed by atoms with Gasteiger partial charge in [0.25, 0.3) is 0 Å². The fourth-order valence-electron chi connectivity index (χ4n) is 1.75. The summed E-state index contributed by atoms with van der Waals surface area (Å²) in [5.74, 6) is -0.140. The molecule has 1 aliphatic carbocycles. The van der Waals surface area contributed by atoms with Gasteiger partial charge in [0, 0.05) is 0 Å². The van der Waals surface area contributed by atoms with E-state index in [1.165, 1.54) is 0 Å². The van der Waals surface area contributed by atoms with E-state index >= 15 is 0 Å². The molecule has 0 aromatic rings. The monoisotopic (exact) mass is 200 g/mol. The van der Waals surface area contributed by atoms with Crippen molar-refractivity contribution in [2.45, 2.75) is 57.2 Å². The van der Waals surface area contributed by atoms with Gasteiger partial charge in [0.05, 0.1) is 18.2 Å². The van der Waals surface area contributed by atoms with Crippen LogP contribution in [-0.4, -0.2) is 29.2 Å². The van der Waals surface area contributed by atoms with Gasteiger partial charge in [-0.25, -0.2) is 0 Å². The number of nitrogens with two attached hydrogens (primary N) is 1. The molecule has 14 heavy (non-hydrogen) atoms. The highest BCUT2D eigenvalue weighted by molar-refractivity contribution is 5.81. The first-order valence-electron chi connectivity index (χ1n) is 5.39. The number of aliphatic hydroxyl groups excluding tert-OH is 1. The van der Waals surface area contributed by atoms with Crippen molar-refractivity contribution in [3.63, 3.8) is 0 Å². The highest BCUT2D eigenvalue weighted by Gasteiger charge is 2.25. The zero-order valence-corrected chi connectivity index (χ0v) is 8.70. The van der Waals surface area contributed by atoms with Gasteiger partial charge in [0.2, 0.25) is 5.91 Å². The van der Waals surface area contributed by atoms with Gasteiger partial charge in [0.1, 0.15) is 0 Å². The van der Waals surface area contributed by atoms with Crippen LogP contribution >= 0.6 is 0 Å². The number of hydrogen-bond donors (Lipinski definition) is 3. The number of aliphatic hydroxyl groups is 1. The molecule has 3 atom stereocenters. The minimum atomic E-state index is -0.441. The first kappa shape index (κ1) is 11.5. The number of carbonyl (C=O) groups excluding carboxylic acids is 1. The molecule has 4 nitrogen and oxygen atoms in total. The van der Waals surface area contributed by atoms with Gasteiger partial charge in [-0.3, -0.25) is 4.79 Å². The maximum absolute atomic E-state index is 11.4. The molecule has 0 bridgehead atoms. The van der Waals surface area contributed by atoms with Crippen molar-refractivity contribution in [2.75, 3.05) is 0 Å². The Morgan fingerprint density at radius 2 is 2.21 bits per heavy atom. The standard InChI is InChI=1S/C10H20N2O2/c1-2-7(11)10(14)12-8-5-3-4-6-9(8)13/h7-9,13H,2-6,11H2,1H3,(H,12,14)/t7?,8-,9-/m0/s1. The smallest absolute Gasteiger partial charge is 0.237 e. The predicted molar refractivity (Wildman–Crippen MR) is 54.7 cm³/mol. The van der Waals surface area contributed by atoms with Crippen molar-refractivity contribution in [1.29, 1.82) is 0 Å². The van der Waals surface area contributed by atoms with Gasteiger partial charge in [-0.1, -0.05) is 19.8 Å². The topological polar surface area (TPSA) is 75.4 Å². The number of rotatable bonds is 3. The molecule has 0 aromatic carbocycles. The fraction of sp³-hybridized carbons (Fsp3) is 0.900. The molecule has 0 saturated heterocycles. The van der Waals surface area contributed by atoms with E-state index in [1.807, 2.05) is 6.92 Å². The van der Waals surface area contributed by atoms with E-state index in [0.717, 1.165) is 25.7 Å². The molecule has 0 aromatic heterocycles. The van der Waals surface area contributed by atoms with Crippen molar-refractivity contribution in [1.82, 2.24) is 5.32 Å². The van der Waals surface area contributed by atoms with Gasteiger partial charge >= 0.3 is 0 Å². The molecular weight excluding hydrogens is 180 g/mol. The van der Waals surface area contributed by atoms with Gasteiger partial charge in [-0.2, -0.15) is 0 Å². The molecule has 1 saturated carbocycles. The van der Waals surface area contributed by atoms with E-state index in [1.54, 1.807) is 0 Å². The van der Waals surface area contributed by atoms with Crippen LogP contribution in [0.2, 0.25) is 0 Å². The molecule has 0 radical (unpaired) electrons. The third-order valence-electron chi connectivity index (χ3n) is 2.83. The third-order valence-corrected chi connectivity index (χ3v) is 2.83. The summed E-state index contributed by atoms with van der Waals surface area (Å²) in [7, 11) is 0. The fourth-order valence-corrected chi connectivity index (χ4v) is 1.75. The van der Waals surface area contributed by atoms with Crippen LogP contribution in [0.3, 0.4) is 0 Å². The Balaban J connectivity index is 2.38. The van der Waals surface area contributed by atoms with Crippen LogP contribution in [0, 0.1) is 0 Å². The summed E-state index contributed by atoms with van der Waals surface area (Å²) in [5, 5.41) is 12.4. The highest BCUT2D eigenvalue weighted by Crippen LogP contribution is 2.18. The number of hydrogen-bond acceptors (Lipinski definition) is 3. The normalized spacial score (nSPS) is 29.6. The van der Waals surface area contributed by atoms with Gasteiger partial charge in [0.15, 0.2) is 0 Å². The molecule has 0 spiro atoms. The summed E-state index contributed by atoms with van der Waals surface area (Å²) in [6.07, 6.45) is 4.01. The first-order chi connectivity index (χ1) is 6.65. The summed E-state index contributed by atoms with van der Waals surface area (Å²) in [5.41, 5.74) is 5.59. The Morgan fingerprint density at radius 3 is 2.79 bits per heavy atom. The molecule has 1 rings (SSSR count). The molecule has 1 fully saturated rings. The Bertz CT molecular complexity index is 197. The minimum absolute atomic E-state index is 0.0890. The Morgan fingerprint density at radius 1 is 1.57 bits per heavy atom. The van der Waals surface area contributed by atoms with Crippen molar-refractivity contribution >= 4 is 5.91 Å². The maximum Gasteiger partial charge on any atom is 0.237 e. The second kappa shape index (κ2) is 5.32. The first-order valence-corrected chi connectivity index (χ1v) is 5.39. The summed E-state index contributed by atoms with van der Waals surface area (Å²) in [4.78, 5) is 11.4. The van der Waals surface area contributed by atoms with Gasteiger partial charge < -0.3 is 16.2 Å². The summed E-state index contributed by atoms with van der Waals surface area (Å²) < 4.78 is 0.